The first kappa shape index (κ1) is 17.3. The molecule has 0 heterocycles. The van der Waals surface area contributed by atoms with Crippen LogP contribution in [-0.4, -0.2) is 31.1 Å². The van der Waals surface area contributed by atoms with E-state index >= 15 is 0 Å². The summed E-state index contributed by atoms with van der Waals surface area (Å²) in [4.78, 5) is 13.8. The summed E-state index contributed by atoms with van der Waals surface area (Å²) < 4.78 is 5.20. The Morgan fingerprint density at radius 2 is 2.14 bits per heavy atom. The Labute approximate surface area is 128 Å². The van der Waals surface area contributed by atoms with Gasteiger partial charge in [-0.1, -0.05) is 38.3 Å². The number of amides is 2. The minimum Gasteiger partial charge on any atom is -0.497 e. The summed E-state index contributed by atoms with van der Waals surface area (Å²) in [6.45, 7) is 4.82. The lowest BCUT2D eigenvalue weighted by Crippen LogP contribution is -2.41. The standard InChI is InChI=1S/C17H28N2O2/c1-5-6-7-9-14(2)18-17(20)19(3)13-15-10-8-11-16(12-15)21-4/h8,10-12,14H,5-7,9,13H2,1-4H3,(H,18,20). The fourth-order valence-electron chi connectivity index (χ4n) is 2.21. The van der Waals surface area contributed by atoms with Crippen LogP contribution in [0.25, 0.3) is 0 Å². The van der Waals surface area contributed by atoms with E-state index < -0.39 is 0 Å². The maximum Gasteiger partial charge on any atom is 0.317 e. The second-order valence-corrected chi connectivity index (χ2v) is 5.55. The van der Waals surface area contributed by atoms with Crippen LogP contribution in [0.15, 0.2) is 24.3 Å². The zero-order valence-corrected chi connectivity index (χ0v) is 13.7. The smallest absolute Gasteiger partial charge is 0.317 e. The van der Waals surface area contributed by atoms with Crippen LogP contribution in [0.3, 0.4) is 0 Å². The van der Waals surface area contributed by atoms with Gasteiger partial charge in [0.25, 0.3) is 0 Å². The summed E-state index contributed by atoms with van der Waals surface area (Å²) in [6, 6.07) is 7.98. The van der Waals surface area contributed by atoms with Crippen molar-refractivity contribution in [2.24, 2.45) is 0 Å². The Morgan fingerprint density at radius 3 is 2.81 bits per heavy atom. The SMILES string of the molecule is CCCCCC(C)NC(=O)N(C)Cc1cccc(OC)c1. The quantitative estimate of drug-likeness (QED) is 0.740. The lowest BCUT2D eigenvalue weighted by atomic mass is 10.1. The third-order valence-corrected chi connectivity index (χ3v) is 3.51. The fourth-order valence-corrected chi connectivity index (χ4v) is 2.21. The molecule has 0 fully saturated rings. The first-order valence-corrected chi connectivity index (χ1v) is 7.71. The van der Waals surface area contributed by atoms with E-state index in [0.717, 1.165) is 24.2 Å². The molecule has 2 amide bonds. The summed E-state index contributed by atoms with van der Waals surface area (Å²) in [5, 5.41) is 3.04. The van der Waals surface area contributed by atoms with Crippen LogP contribution in [0.1, 0.15) is 45.1 Å². The van der Waals surface area contributed by atoms with Crippen LogP contribution in [0.5, 0.6) is 5.75 Å². The number of carbonyl (C=O) groups excluding carboxylic acids is 1. The zero-order valence-electron chi connectivity index (χ0n) is 13.7. The van der Waals surface area contributed by atoms with Crippen LogP contribution in [0.4, 0.5) is 4.79 Å². The number of benzene rings is 1. The van der Waals surface area contributed by atoms with Gasteiger partial charge in [0.05, 0.1) is 7.11 Å². The second kappa shape index (κ2) is 9.27. The lowest BCUT2D eigenvalue weighted by Gasteiger charge is -2.21. The third kappa shape index (κ3) is 6.52. The Balaban J connectivity index is 2.42. The number of urea groups is 1. The number of ether oxygens (including phenoxy) is 1. The van der Waals surface area contributed by atoms with Crippen molar-refractivity contribution in [3.63, 3.8) is 0 Å². The van der Waals surface area contributed by atoms with Crippen molar-refractivity contribution in [3.05, 3.63) is 29.8 Å². The molecule has 1 rings (SSSR count). The number of carbonyl (C=O) groups is 1. The van der Waals surface area contributed by atoms with E-state index in [4.69, 9.17) is 4.74 Å². The first-order valence-electron chi connectivity index (χ1n) is 7.71. The number of nitrogens with zero attached hydrogens (tertiary/aromatic N) is 1. The highest BCUT2D eigenvalue weighted by atomic mass is 16.5. The van der Waals surface area contributed by atoms with Gasteiger partial charge in [-0.25, -0.2) is 4.79 Å². The van der Waals surface area contributed by atoms with Crippen molar-refractivity contribution in [2.45, 2.75) is 52.1 Å². The van der Waals surface area contributed by atoms with Crippen molar-refractivity contribution in [1.82, 2.24) is 10.2 Å². The molecule has 0 saturated heterocycles. The lowest BCUT2D eigenvalue weighted by molar-refractivity contribution is 0.202. The van der Waals surface area contributed by atoms with Gasteiger partial charge in [-0.2, -0.15) is 0 Å². The van der Waals surface area contributed by atoms with Crippen LogP contribution >= 0.6 is 0 Å². The van der Waals surface area contributed by atoms with E-state index in [-0.39, 0.29) is 12.1 Å². The van der Waals surface area contributed by atoms with Gasteiger partial charge in [0, 0.05) is 19.6 Å². The molecule has 1 N–H and O–H groups in total. The van der Waals surface area contributed by atoms with Crippen molar-refractivity contribution in [2.75, 3.05) is 14.2 Å². The van der Waals surface area contributed by atoms with E-state index in [2.05, 4.69) is 19.2 Å². The van der Waals surface area contributed by atoms with Gasteiger partial charge in [0.2, 0.25) is 0 Å². The van der Waals surface area contributed by atoms with Crippen LogP contribution in [0, 0.1) is 0 Å². The second-order valence-electron chi connectivity index (χ2n) is 5.55. The highest BCUT2D eigenvalue weighted by molar-refractivity contribution is 5.74. The largest absolute Gasteiger partial charge is 0.497 e. The van der Waals surface area contributed by atoms with Gasteiger partial charge in [-0.15, -0.1) is 0 Å². The molecular weight excluding hydrogens is 264 g/mol. The average Bonchev–Trinajstić information content (AvgIpc) is 2.47. The minimum atomic E-state index is -0.0261. The molecule has 0 aromatic heterocycles. The Morgan fingerprint density at radius 1 is 1.38 bits per heavy atom. The molecule has 1 atom stereocenters. The van der Waals surface area contributed by atoms with Gasteiger partial charge in [0.15, 0.2) is 0 Å². The van der Waals surface area contributed by atoms with E-state index in [9.17, 15) is 4.79 Å². The summed E-state index contributed by atoms with van der Waals surface area (Å²) in [5.41, 5.74) is 1.06. The Hall–Kier alpha value is -1.71. The number of rotatable bonds is 8. The predicted molar refractivity (Wildman–Crippen MR) is 86.6 cm³/mol. The van der Waals surface area contributed by atoms with E-state index in [1.807, 2.05) is 31.3 Å². The van der Waals surface area contributed by atoms with E-state index in [1.165, 1.54) is 12.8 Å². The number of hydrogen-bond acceptors (Lipinski definition) is 2. The molecule has 1 unspecified atom stereocenters. The topological polar surface area (TPSA) is 41.6 Å². The molecule has 0 spiro atoms. The van der Waals surface area contributed by atoms with Gasteiger partial charge in [-0.05, 0) is 31.0 Å². The van der Waals surface area contributed by atoms with Crippen molar-refractivity contribution in [1.29, 1.82) is 0 Å². The molecule has 0 aliphatic rings. The van der Waals surface area contributed by atoms with Crippen LogP contribution < -0.4 is 10.1 Å². The molecule has 0 aliphatic carbocycles. The Bertz CT molecular complexity index is 435. The number of nitrogens with one attached hydrogen (secondary N) is 1. The number of methoxy groups -OCH3 is 1. The Kier molecular flexibility index (Phi) is 7.65. The molecular formula is C17H28N2O2. The summed E-state index contributed by atoms with van der Waals surface area (Å²) >= 11 is 0. The van der Waals surface area contributed by atoms with Gasteiger partial charge in [0.1, 0.15) is 5.75 Å². The minimum absolute atomic E-state index is 0.0261. The van der Waals surface area contributed by atoms with Crippen LogP contribution in [0.2, 0.25) is 0 Å². The van der Waals surface area contributed by atoms with Crippen molar-refractivity contribution >= 4 is 6.03 Å². The molecule has 1 aromatic rings. The monoisotopic (exact) mass is 292 g/mol. The molecule has 0 saturated carbocycles. The van der Waals surface area contributed by atoms with Gasteiger partial charge >= 0.3 is 6.03 Å². The summed E-state index contributed by atoms with van der Waals surface area (Å²) in [5.74, 6) is 0.814. The fraction of sp³-hybridized carbons (Fsp3) is 0.588. The molecule has 0 bridgehead atoms. The predicted octanol–water partition coefficient (Wildman–Crippen LogP) is 3.81. The average molecular weight is 292 g/mol. The molecule has 118 valence electrons. The molecule has 0 aliphatic heterocycles. The molecule has 0 radical (unpaired) electrons. The highest BCUT2D eigenvalue weighted by Gasteiger charge is 2.12. The number of unbranched alkanes of at least 4 members (excludes halogenated alkanes) is 2. The van der Waals surface area contributed by atoms with Gasteiger partial charge < -0.3 is 15.0 Å². The summed E-state index contributed by atoms with van der Waals surface area (Å²) in [6.07, 6.45) is 4.63. The maximum absolute atomic E-state index is 12.1. The zero-order chi connectivity index (χ0) is 15.7. The summed E-state index contributed by atoms with van der Waals surface area (Å²) in [7, 11) is 3.46. The molecule has 4 heteroatoms. The van der Waals surface area contributed by atoms with E-state index in [0.29, 0.717) is 6.54 Å². The first-order chi connectivity index (χ1) is 10.1. The number of hydrogen-bond donors (Lipinski definition) is 1. The van der Waals surface area contributed by atoms with Crippen molar-refractivity contribution < 1.29 is 9.53 Å². The molecule has 4 nitrogen and oxygen atoms in total. The van der Waals surface area contributed by atoms with Gasteiger partial charge in [-0.3, -0.25) is 0 Å². The third-order valence-electron chi connectivity index (χ3n) is 3.51. The van der Waals surface area contributed by atoms with Crippen molar-refractivity contribution in [3.8, 4) is 5.75 Å². The maximum atomic E-state index is 12.1. The normalized spacial score (nSPS) is 11.8. The molecule has 1 aromatic carbocycles. The van der Waals surface area contributed by atoms with E-state index in [1.54, 1.807) is 12.0 Å². The highest BCUT2D eigenvalue weighted by Crippen LogP contribution is 2.14. The molecule has 21 heavy (non-hydrogen) atoms. The van der Waals surface area contributed by atoms with Crippen LogP contribution in [-0.2, 0) is 6.54 Å².